The fourth-order valence-corrected chi connectivity index (χ4v) is 2.55. The predicted molar refractivity (Wildman–Crippen MR) is 84.9 cm³/mol. The number of nitrogens with one attached hydrogen (secondary N) is 1. The minimum atomic E-state index is -0.364. The minimum Gasteiger partial charge on any atom is -0.493 e. The maximum Gasteiger partial charge on any atom is 0.339 e. The second-order valence-electron chi connectivity index (χ2n) is 4.12. The molecule has 0 spiro atoms. The highest BCUT2D eigenvalue weighted by molar-refractivity contribution is 8.00. The molecule has 0 saturated carbocycles. The van der Waals surface area contributed by atoms with E-state index in [1.165, 1.54) is 19.1 Å². The number of anilines is 1. The van der Waals surface area contributed by atoms with Crippen molar-refractivity contribution in [3.05, 3.63) is 54.1 Å². The molecule has 1 N–H and O–H groups in total. The van der Waals surface area contributed by atoms with E-state index in [0.29, 0.717) is 17.9 Å². The summed E-state index contributed by atoms with van der Waals surface area (Å²) < 4.78 is 13.5. The zero-order chi connectivity index (χ0) is 15.1. The monoisotopic (exact) mass is 303 g/mol. The molecule has 2 aromatic rings. The Morgan fingerprint density at radius 3 is 2.62 bits per heavy atom. The number of carbonyl (C=O) groups is 1. The average molecular weight is 303 g/mol. The first-order chi connectivity index (χ1) is 10.3. The van der Waals surface area contributed by atoms with Gasteiger partial charge in [0, 0.05) is 0 Å². The normalized spacial score (nSPS) is 10.0. The van der Waals surface area contributed by atoms with Crippen LogP contribution in [-0.4, -0.2) is 19.7 Å². The molecular weight excluding hydrogens is 286 g/mol. The Morgan fingerprint density at radius 1 is 1.14 bits per heavy atom. The van der Waals surface area contributed by atoms with E-state index >= 15 is 0 Å². The van der Waals surface area contributed by atoms with E-state index < -0.39 is 0 Å². The third-order valence-electron chi connectivity index (χ3n) is 2.75. The third-order valence-corrected chi connectivity index (χ3v) is 3.63. The minimum absolute atomic E-state index is 0.364. The molecule has 110 valence electrons. The first-order valence-corrected chi connectivity index (χ1v) is 7.40. The van der Waals surface area contributed by atoms with Crippen LogP contribution in [0.15, 0.2) is 53.4 Å². The lowest BCUT2D eigenvalue weighted by Gasteiger charge is -2.12. The summed E-state index contributed by atoms with van der Waals surface area (Å²) >= 11 is 1.40. The number of para-hydroxylation sites is 2. The molecule has 2 aromatic carbocycles. The number of hydrogen-bond acceptors (Lipinski definition) is 5. The van der Waals surface area contributed by atoms with Gasteiger partial charge in [-0.15, -0.1) is 0 Å². The molecule has 4 nitrogen and oxygen atoms in total. The molecule has 0 amide bonds. The Hall–Kier alpha value is -2.14. The Labute approximate surface area is 128 Å². The highest BCUT2D eigenvalue weighted by atomic mass is 32.2. The second-order valence-corrected chi connectivity index (χ2v) is 4.97. The molecule has 0 aliphatic heterocycles. The molecule has 0 saturated heterocycles. The summed E-state index contributed by atoms with van der Waals surface area (Å²) in [4.78, 5) is 12.7. The first kappa shape index (κ1) is 15.3. The summed E-state index contributed by atoms with van der Waals surface area (Å²) in [6.07, 6.45) is 0. The van der Waals surface area contributed by atoms with E-state index in [4.69, 9.17) is 9.47 Å². The van der Waals surface area contributed by atoms with Crippen LogP contribution in [0.1, 0.15) is 17.3 Å². The fraction of sp³-hybridized carbons (Fsp3) is 0.188. The van der Waals surface area contributed by atoms with E-state index in [-0.39, 0.29) is 5.97 Å². The number of carbonyl (C=O) groups excluding carboxylic acids is 1. The van der Waals surface area contributed by atoms with Crippen molar-refractivity contribution in [2.75, 3.05) is 18.4 Å². The fourth-order valence-electron chi connectivity index (χ4n) is 1.78. The zero-order valence-corrected chi connectivity index (χ0v) is 12.8. The Balaban J connectivity index is 2.15. The quantitative estimate of drug-likeness (QED) is 0.646. The summed E-state index contributed by atoms with van der Waals surface area (Å²) in [5, 5.41) is 0. The van der Waals surface area contributed by atoms with Gasteiger partial charge in [0.2, 0.25) is 0 Å². The zero-order valence-electron chi connectivity index (χ0n) is 12.0. The maximum atomic E-state index is 11.7. The smallest absolute Gasteiger partial charge is 0.339 e. The van der Waals surface area contributed by atoms with Gasteiger partial charge in [0.1, 0.15) is 5.75 Å². The number of esters is 1. The van der Waals surface area contributed by atoms with Gasteiger partial charge in [-0.05, 0) is 43.1 Å². The number of methoxy groups -OCH3 is 1. The SMILES string of the molecule is CCOc1ccccc1SNc1ccccc1C(=O)OC. The molecule has 0 fully saturated rings. The van der Waals surface area contributed by atoms with Gasteiger partial charge in [-0.25, -0.2) is 4.79 Å². The van der Waals surface area contributed by atoms with E-state index in [1.54, 1.807) is 12.1 Å². The van der Waals surface area contributed by atoms with Crippen molar-refractivity contribution >= 4 is 23.6 Å². The highest BCUT2D eigenvalue weighted by Crippen LogP contribution is 2.31. The van der Waals surface area contributed by atoms with Gasteiger partial charge in [0.05, 0.1) is 29.9 Å². The molecular formula is C16H17NO3S. The Kier molecular flexibility index (Phi) is 5.51. The van der Waals surface area contributed by atoms with Crippen molar-refractivity contribution in [2.45, 2.75) is 11.8 Å². The molecule has 0 aliphatic rings. The first-order valence-electron chi connectivity index (χ1n) is 6.58. The summed E-state index contributed by atoms with van der Waals surface area (Å²) in [6, 6.07) is 15.0. The van der Waals surface area contributed by atoms with Crippen molar-refractivity contribution in [1.82, 2.24) is 0 Å². The lowest BCUT2D eigenvalue weighted by Crippen LogP contribution is -2.04. The number of hydrogen-bond donors (Lipinski definition) is 1. The third kappa shape index (κ3) is 3.92. The van der Waals surface area contributed by atoms with E-state index in [9.17, 15) is 4.79 Å². The molecule has 2 rings (SSSR count). The van der Waals surface area contributed by atoms with Gasteiger partial charge >= 0.3 is 5.97 Å². The molecule has 0 aliphatic carbocycles. The molecule has 0 bridgehead atoms. The van der Waals surface area contributed by atoms with Gasteiger partial charge < -0.3 is 14.2 Å². The molecule has 0 atom stereocenters. The molecule has 21 heavy (non-hydrogen) atoms. The summed E-state index contributed by atoms with van der Waals surface area (Å²) in [5.41, 5.74) is 1.21. The van der Waals surface area contributed by atoms with Gasteiger partial charge in [0.15, 0.2) is 0 Å². The second kappa shape index (κ2) is 7.59. The van der Waals surface area contributed by atoms with Crippen LogP contribution in [-0.2, 0) is 4.74 Å². The summed E-state index contributed by atoms with van der Waals surface area (Å²) in [6.45, 7) is 2.55. The number of benzene rings is 2. The van der Waals surface area contributed by atoms with Crippen LogP contribution >= 0.6 is 11.9 Å². The Morgan fingerprint density at radius 2 is 1.86 bits per heavy atom. The predicted octanol–water partition coefficient (Wildman–Crippen LogP) is 3.99. The topological polar surface area (TPSA) is 47.6 Å². The standard InChI is InChI=1S/C16H17NO3S/c1-3-20-14-10-6-7-11-15(14)21-17-13-9-5-4-8-12(13)16(18)19-2/h4-11,17H,3H2,1-2H3. The number of ether oxygens (including phenoxy) is 2. The van der Waals surface area contributed by atoms with Crippen molar-refractivity contribution < 1.29 is 14.3 Å². The lowest BCUT2D eigenvalue weighted by molar-refractivity contribution is 0.0602. The molecule has 0 radical (unpaired) electrons. The van der Waals surface area contributed by atoms with Crippen LogP contribution in [0.5, 0.6) is 5.75 Å². The van der Waals surface area contributed by atoms with Crippen molar-refractivity contribution in [3.8, 4) is 5.75 Å². The molecule has 5 heteroatoms. The van der Waals surface area contributed by atoms with Crippen LogP contribution in [0.25, 0.3) is 0 Å². The van der Waals surface area contributed by atoms with Gasteiger partial charge in [-0.2, -0.15) is 0 Å². The van der Waals surface area contributed by atoms with Crippen molar-refractivity contribution in [3.63, 3.8) is 0 Å². The summed E-state index contributed by atoms with van der Waals surface area (Å²) in [7, 11) is 1.37. The van der Waals surface area contributed by atoms with Crippen LogP contribution < -0.4 is 9.46 Å². The van der Waals surface area contributed by atoms with E-state index in [2.05, 4.69) is 4.72 Å². The lowest BCUT2D eigenvalue weighted by atomic mass is 10.2. The van der Waals surface area contributed by atoms with E-state index in [0.717, 1.165) is 10.6 Å². The molecule has 0 unspecified atom stereocenters. The van der Waals surface area contributed by atoms with Crippen LogP contribution in [0.2, 0.25) is 0 Å². The number of rotatable bonds is 6. The van der Waals surface area contributed by atoms with Crippen molar-refractivity contribution in [2.24, 2.45) is 0 Å². The van der Waals surface area contributed by atoms with Gasteiger partial charge in [0.25, 0.3) is 0 Å². The summed E-state index contributed by atoms with van der Waals surface area (Å²) in [5.74, 6) is 0.449. The van der Waals surface area contributed by atoms with Gasteiger partial charge in [-0.3, -0.25) is 0 Å². The maximum absolute atomic E-state index is 11.7. The molecule has 0 heterocycles. The van der Waals surface area contributed by atoms with Crippen LogP contribution in [0.3, 0.4) is 0 Å². The largest absolute Gasteiger partial charge is 0.493 e. The van der Waals surface area contributed by atoms with E-state index in [1.807, 2.05) is 43.3 Å². The molecule has 0 aromatic heterocycles. The van der Waals surface area contributed by atoms with Crippen LogP contribution in [0.4, 0.5) is 5.69 Å². The van der Waals surface area contributed by atoms with Crippen molar-refractivity contribution in [1.29, 1.82) is 0 Å². The highest BCUT2D eigenvalue weighted by Gasteiger charge is 2.11. The van der Waals surface area contributed by atoms with Gasteiger partial charge in [-0.1, -0.05) is 24.3 Å². The van der Waals surface area contributed by atoms with Crippen LogP contribution in [0, 0.1) is 0 Å². The average Bonchev–Trinajstić information content (AvgIpc) is 2.54. The Bertz CT molecular complexity index is 616.